The van der Waals surface area contributed by atoms with Gasteiger partial charge in [0.2, 0.25) is 0 Å². The fraction of sp³-hybridized carbons (Fsp3) is 0.783. The third kappa shape index (κ3) is 12.8. The van der Waals surface area contributed by atoms with Gasteiger partial charge in [-0.1, -0.05) is 45.4 Å². The molecule has 1 saturated heterocycles. The van der Waals surface area contributed by atoms with Crippen LogP contribution in [0.5, 0.6) is 0 Å². The van der Waals surface area contributed by atoms with E-state index in [-0.39, 0.29) is 12.7 Å². The lowest BCUT2D eigenvalue weighted by molar-refractivity contribution is -0.118. The summed E-state index contributed by atoms with van der Waals surface area (Å²) in [5, 5.41) is 10.6. The van der Waals surface area contributed by atoms with Crippen LogP contribution in [-0.4, -0.2) is 36.4 Å². The maximum Gasteiger partial charge on any atom is 0.276 e. The van der Waals surface area contributed by atoms with E-state index in [0.717, 1.165) is 12.3 Å². The molecular weight excluding hydrogens is 388 g/mol. The molecular formula is C23H43F2N3O2. The number of hydrogen-bond acceptors (Lipinski definition) is 4. The summed E-state index contributed by atoms with van der Waals surface area (Å²) < 4.78 is 25.9. The second-order valence-electron chi connectivity index (χ2n) is 8.31. The molecule has 1 saturated carbocycles. The summed E-state index contributed by atoms with van der Waals surface area (Å²) in [6, 6.07) is 0. The first-order chi connectivity index (χ1) is 14.0. The van der Waals surface area contributed by atoms with Gasteiger partial charge in [0.05, 0.1) is 5.57 Å². The van der Waals surface area contributed by atoms with Crippen molar-refractivity contribution in [3.63, 3.8) is 0 Å². The predicted molar refractivity (Wildman–Crippen MR) is 121 cm³/mol. The van der Waals surface area contributed by atoms with Crippen LogP contribution in [-0.2, 0) is 9.59 Å². The topological polar surface area (TPSA) is 96.0 Å². The van der Waals surface area contributed by atoms with Gasteiger partial charge in [-0.2, -0.15) is 0 Å². The maximum absolute atomic E-state index is 12.9. The minimum absolute atomic E-state index is 0. The molecule has 30 heavy (non-hydrogen) atoms. The van der Waals surface area contributed by atoms with E-state index in [1.54, 1.807) is 13.8 Å². The molecule has 4 N–H and O–H groups in total. The number of carbonyl (C=O) groups is 2. The second kappa shape index (κ2) is 15.2. The van der Waals surface area contributed by atoms with Gasteiger partial charge in [-0.15, -0.1) is 0 Å². The standard InChI is InChI=1S/C9H14F2N2O.C9H16O.C5H11N.H2/c1-4-6(12)5(2)7(8(13)14)9(3,10)11;1-8(10)7-9-5-3-2-4-6-9;1-2-4-6-5-3-1;/h12H,4H2,1-3H3,(H2,13,14);9H,2-7H2,1H3;6H,1-5H2;1H/b7-5+,12-6?;;;. The number of nitrogens with one attached hydrogen (secondary N) is 2. The van der Waals surface area contributed by atoms with Crippen molar-refractivity contribution in [3.8, 4) is 0 Å². The lowest BCUT2D eigenvalue weighted by Crippen LogP contribution is -2.29. The zero-order valence-electron chi connectivity index (χ0n) is 19.2. The van der Waals surface area contributed by atoms with Crippen molar-refractivity contribution in [3.05, 3.63) is 11.1 Å². The summed E-state index contributed by atoms with van der Waals surface area (Å²) in [7, 11) is 0. The van der Waals surface area contributed by atoms with Gasteiger partial charge in [-0.25, -0.2) is 8.78 Å². The Balaban J connectivity index is 0. The number of ketones is 1. The molecule has 0 bridgehead atoms. The van der Waals surface area contributed by atoms with Crippen LogP contribution >= 0.6 is 0 Å². The molecule has 2 fully saturated rings. The van der Waals surface area contributed by atoms with Gasteiger partial charge >= 0.3 is 0 Å². The van der Waals surface area contributed by atoms with E-state index in [0.29, 0.717) is 19.1 Å². The van der Waals surface area contributed by atoms with Gasteiger partial charge in [-0.3, -0.25) is 4.79 Å². The molecule has 0 spiro atoms. The molecule has 1 amide bonds. The van der Waals surface area contributed by atoms with Crippen molar-refractivity contribution < 1.29 is 19.8 Å². The Labute approximate surface area is 182 Å². The average molecular weight is 432 g/mol. The number of carbonyl (C=O) groups excluding carboxylic acids is 2. The molecule has 5 nitrogen and oxygen atoms in total. The van der Waals surface area contributed by atoms with E-state index >= 15 is 0 Å². The van der Waals surface area contributed by atoms with Gasteiger partial charge in [0, 0.05) is 20.5 Å². The minimum atomic E-state index is -3.29. The predicted octanol–water partition coefficient (Wildman–Crippen LogP) is 5.42. The summed E-state index contributed by atoms with van der Waals surface area (Å²) in [4.78, 5) is 21.5. The molecule has 2 aliphatic rings. The van der Waals surface area contributed by atoms with Crippen LogP contribution in [0.25, 0.3) is 0 Å². The number of piperidine rings is 1. The third-order valence-electron chi connectivity index (χ3n) is 5.37. The Kier molecular flexibility index (Phi) is 14.4. The highest BCUT2D eigenvalue weighted by Gasteiger charge is 2.34. The molecule has 176 valence electrons. The van der Waals surface area contributed by atoms with Crippen molar-refractivity contribution >= 4 is 17.4 Å². The van der Waals surface area contributed by atoms with E-state index in [1.165, 1.54) is 71.4 Å². The van der Waals surface area contributed by atoms with Crippen LogP contribution in [0.2, 0.25) is 0 Å². The average Bonchev–Trinajstić information content (AvgIpc) is 2.68. The Hall–Kier alpha value is -1.63. The number of rotatable bonds is 6. The van der Waals surface area contributed by atoms with Crippen molar-refractivity contribution in [2.45, 2.75) is 97.8 Å². The molecule has 1 aliphatic carbocycles. The van der Waals surface area contributed by atoms with Gasteiger partial charge in [-0.05, 0) is 57.7 Å². The van der Waals surface area contributed by atoms with Crippen LogP contribution < -0.4 is 11.1 Å². The van der Waals surface area contributed by atoms with Crippen LogP contribution in [0.15, 0.2) is 11.1 Å². The minimum Gasteiger partial charge on any atom is -0.366 e. The van der Waals surface area contributed by atoms with Crippen LogP contribution in [0.3, 0.4) is 0 Å². The van der Waals surface area contributed by atoms with Crippen molar-refractivity contribution in [2.24, 2.45) is 11.7 Å². The molecule has 0 aromatic rings. The van der Waals surface area contributed by atoms with E-state index in [1.807, 2.05) is 0 Å². The Morgan fingerprint density at radius 3 is 1.87 bits per heavy atom. The molecule has 0 aromatic carbocycles. The molecule has 0 aromatic heterocycles. The third-order valence-corrected chi connectivity index (χ3v) is 5.37. The normalized spacial score (nSPS) is 18.1. The maximum atomic E-state index is 12.9. The SMILES string of the molecule is C1CCNCC1.CC(=O)CC1CCCCC1.CCC(=N)/C(C)=C(\C(N)=O)C(C)(F)F.[HH]. The molecule has 0 radical (unpaired) electrons. The van der Waals surface area contributed by atoms with Crippen molar-refractivity contribution in [1.29, 1.82) is 5.41 Å². The fourth-order valence-corrected chi connectivity index (χ4v) is 3.75. The Morgan fingerprint density at radius 2 is 1.57 bits per heavy atom. The molecule has 1 heterocycles. The van der Waals surface area contributed by atoms with Gasteiger partial charge in [0.25, 0.3) is 11.8 Å². The lowest BCUT2D eigenvalue weighted by Gasteiger charge is -2.19. The molecule has 7 heteroatoms. The van der Waals surface area contributed by atoms with Crippen LogP contribution in [0.1, 0.15) is 93.3 Å². The molecule has 2 rings (SSSR count). The zero-order valence-corrected chi connectivity index (χ0v) is 19.2. The number of allylic oxidation sites excluding steroid dienone is 1. The van der Waals surface area contributed by atoms with Crippen molar-refractivity contribution in [2.75, 3.05) is 13.1 Å². The zero-order chi connectivity index (χ0) is 23.2. The molecule has 1 aliphatic heterocycles. The highest BCUT2D eigenvalue weighted by atomic mass is 19.3. The summed E-state index contributed by atoms with van der Waals surface area (Å²) in [6.45, 7) is 7.76. The van der Waals surface area contributed by atoms with E-state index < -0.39 is 17.4 Å². The summed E-state index contributed by atoms with van der Waals surface area (Å²) in [6.07, 6.45) is 12.0. The number of halogens is 2. The number of primary amides is 1. The first kappa shape index (κ1) is 28.4. The highest BCUT2D eigenvalue weighted by Crippen LogP contribution is 2.27. The monoisotopic (exact) mass is 431 g/mol. The van der Waals surface area contributed by atoms with Gasteiger partial charge < -0.3 is 21.3 Å². The Bertz CT molecular complexity index is 568. The largest absolute Gasteiger partial charge is 0.366 e. The van der Waals surface area contributed by atoms with Crippen molar-refractivity contribution in [1.82, 2.24) is 5.32 Å². The second-order valence-corrected chi connectivity index (χ2v) is 8.31. The molecule has 0 atom stereocenters. The summed E-state index contributed by atoms with van der Waals surface area (Å²) in [5.41, 5.74) is 4.03. The summed E-state index contributed by atoms with van der Waals surface area (Å²) in [5.74, 6) is -3.37. The first-order valence-electron chi connectivity index (χ1n) is 11.2. The molecule has 0 unspecified atom stereocenters. The van der Waals surface area contributed by atoms with Gasteiger partial charge in [0.1, 0.15) is 5.78 Å². The number of nitrogens with two attached hydrogens (primary N) is 1. The van der Waals surface area contributed by atoms with Crippen LogP contribution in [0.4, 0.5) is 8.78 Å². The van der Waals surface area contributed by atoms with E-state index in [2.05, 4.69) is 5.32 Å². The summed E-state index contributed by atoms with van der Waals surface area (Å²) >= 11 is 0. The van der Waals surface area contributed by atoms with Crippen LogP contribution in [0, 0.1) is 11.3 Å². The number of Topliss-reactive ketones (excluding diaryl/α,β-unsaturated/α-hetero) is 1. The fourth-order valence-electron chi connectivity index (χ4n) is 3.75. The van der Waals surface area contributed by atoms with E-state index in [9.17, 15) is 18.4 Å². The number of alkyl halides is 2. The number of hydrogen-bond donors (Lipinski definition) is 3. The smallest absolute Gasteiger partial charge is 0.276 e. The number of amides is 1. The highest BCUT2D eigenvalue weighted by molar-refractivity contribution is 6.06. The lowest BCUT2D eigenvalue weighted by atomic mass is 9.86. The van der Waals surface area contributed by atoms with E-state index in [4.69, 9.17) is 11.1 Å². The quantitative estimate of drug-likeness (QED) is 0.387. The Morgan fingerprint density at radius 1 is 1.07 bits per heavy atom. The van der Waals surface area contributed by atoms with Gasteiger partial charge in [0.15, 0.2) is 0 Å². The first-order valence-corrected chi connectivity index (χ1v) is 11.2.